The molecule has 2 aliphatic heterocycles. The van der Waals surface area contributed by atoms with Crippen LogP contribution < -0.4 is 14.8 Å². The molecule has 0 atom stereocenters. The van der Waals surface area contributed by atoms with Gasteiger partial charge in [0, 0.05) is 45.7 Å². The normalized spacial score (nSPS) is 16.8. The molecule has 154 valence electrons. The van der Waals surface area contributed by atoms with Crippen molar-refractivity contribution in [1.29, 1.82) is 0 Å². The van der Waals surface area contributed by atoms with Crippen LogP contribution in [0.25, 0.3) is 0 Å². The van der Waals surface area contributed by atoms with Crippen molar-refractivity contribution in [3.05, 3.63) is 23.8 Å². The van der Waals surface area contributed by atoms with Gasteiger partial charge in [0.05, 0.1) is 0 Å². The van der Waals surface area contributed by atoms with Crippen LogP contribution in [-0.2, 0) is 16.1 Å². The first-order valence-corrected chi connectivity index (χ1v) is 9.66. The summed E-state index contributed by atoms with van der Waals surface area (Å²) < 4.78 is 15.9. The van der Waals surface area contributed by atoms with Gasteiger partial charge in [0.15, 0.2) is 11.5 Å². The zero-order valence-electron chi connectivity index (χ0n) is 16.8. The lowest BCUT2D eigenvalue weighted by atomic mass is 10.1. The smallest absolute Gasteiger partial charge is 0.407 e. The van der Waals surface area contributed by atoms with Crippen molar-refractivity contribution in [3.63, 3.8) is 0 Å². The summed E-state index contributed by atoms with van der Waals surface area (Å²) in [4.78, 5) is 28.1. The van der Waals surface area contributed by atoms with Crippen molar-refractivity contribution in [1.82, 2.24) is 15.1 Å². The van der Waals surface area contributed by atoms with Gasteiger partial charge in [0.25, 0.3) is 0 Å². The first kappa shape index (κ1) is 20.3. The van der Waals surface area contributed by atoms with Crippen molar-refractivity contribution in [3.8, 4) is 11.5 Å². The molecule has 1 N–H and O–H groups in total. The molecule has 1 fully saturated rings. The molecule has 0 aromatic heterocycles. The van der Waals surface area contributed by atoms with E-state index in [1.54, 1.807) is 20.8 Å². The van der Waals surface area contributed by atoms with Crippen LogP contribution in [0.3, 0.4) is 0 Å². The number of carbonyl (C=O) groups is 2. The predicted molar refractivity (Wildman–Crippen MR) is 103 cm³/mol. The third-order valence-corrected chi connectivity index (χ3v) is 4.58. The molecule has 2 aliphatic rings. The molecule has 1 aromatic carbocycles. The average molecular weight is 391 g/mol. The van der Waals surface area contributed by atoms with Gasteiger partial charge in [-0.2, -0.15) is 0 Å². The summed E-state index contributed by atoms with van der Waals surface area (Å²) in [7, 11) is 0. The summed E-state index contributed by atoms with van der Waals surface area (Å²) in [5, 5.41) is 2.63. The molecule has 0 bridgehead atoms. The lowest BCUT2D eigenvalue weighted by Gasteiger charge is -2.34. The van der Waals surface area contributed by atoms with Crippen molar-refractivity contribution in [2.75, 3.05) is 39.5 Å². The lowest BCUT2D eigenvalue weighted by molar-refractivity contribution is -0.132. The lowest BCUT2D eigenvalue weighted by Crippen LogP contribution is -2.48. The van der Waals surface area contributed by atoms with Crippen LogP contribution in [0.4, 0.5) is 4.79 Å². The number of nitrogens with zero attached hydrogens (tertiary/aromatic N) is 2. The number of carbonyl (C=O) groups excluding carboxylic acids is 2. The van der Waals surface area contributed by atoms with E-state index in [2.05, 4.69) is 10.2 Å². The van der Waals surface area contributed by atoms with E-state index in [9.17, 15) is 9.59 Å². The minimum Gasteiger partial charge on any atom is -0.454 e. The van der Waals surface area contributed by atoms with Crippen LogP contribution in [0.1, 0.15) is 32.8 Å². The van der Waals surface area contributed by atoms with Gasteiger partial charge in [0.2, 0.25) is 12.7 Å². The summed E-state index contributed by atoms with van der Waals surface area (Å²) in [5.74, 6) is 1.64. The van der Waals surface area contributed by atoms with Crippen LogP contribution in [0.5, 0.6) is 11.5 Å². The van der Waals surface area contributed by atoms with E-state index in [-0.39, 0.29) is 25.7 Å². The molecule has 3 rings (SSSR count). The summed E-state index contributed by atoms with van der Waals surface area (Å²) in [5.41, 5.74) is 0.633. The third-order valence-electron chi connectivity index (χ3n) is 4.58. The van der Waals surface area contributed by atoms with Crippen LogP contribution in [0, 0.1) is 0 Å². The fraction of sp³-hybridized carbons (Fsp3) is 0.600. The van der Waals surface area contributed by atoms with Gasteiger partial charge in [0.1, 0.15) is 5.60 Å². The second-order valence-corrected chi connectivity index (χ2v) is 8.02. The van der Waals surface area contributed by atoms with Crippen molar-refractivity contribution in [2.45, 2.75) is 39.3 Å². The van der Waals surface area contributed by atoms with E-state index >= 15 is 0 Å². The number of alkyl carbamates (subject to hydrolysis) is 1. The number of fused-ring (bicyclic) bond motifs is 1. The maximum Gasteiger partial charge on any atom is 0.407 e. The third kappa shape index (κ3) is 5.76. The predicted octanol–water partition coefficient (Wildman–Crippen LogP) is 1.97. The van der Waals surface area contributed by atoms with Gasteiger partial charge in [-0.3, -0.25) is 9.69 Å². The Balaban J connectivity index is 1.36. The zero-order valence-corrected chi connectivity index (χ0v) is 16.8. The minimum absolute atomic E-state index is 0.0544. The second kappa shape index (κ2) is 8.68. The Morgan fingerprint density at radius 3 is 2.54 bits per heavy atom. The molecule has 0 spiro atoms. The van der Waals surface area contributed by atoms with Gasteiger partial charge >= 0.3 is 6.09 Å². The van der Waals surface area contributed by atoms with Gasteiger partial charge in [-0.15, -0.1) is 0 Å². The Kier molecular flexibility index (Phi) is 6.28. The summed E-state index contributed by atoms with van der Waals surface area (Å²) in [6.45, 7) is 9.82. The number of hydrogen-bond donors (Lipinski definition) is 1. The molecule has 0 aliphatic carbocycles. The van der Waals surface area contributed by atoms with Crippen molar-refractivity contribution in [2.24, 2.45) is 0 Å². The Labute approximate surface area is 165 Å². The number of piperazine rings is 1. The number of ether oxygens (including phenoxy) is 3. The Morgan fingerprint density at radius 2 is 1.82 bits per heavy atom. The molecular weight excluding hydrogens is 362 g/mol. The van der Waals surface area contributed by atoms with Gasteiger partial charge in [-0.05, 0) is 38.5 Å². The van der Waals surface area contributed by atoms with Crippen LogP contribution in [0.2, 0.25) is 0 Å². The highest BCUT2D eigenvalue weighted by atomic mass is 16.7. The standard InChI is InChI=1S/C20H29N3O5/c1-20(2,3)28-19(25)21-7-6-18(24)23-10-8-22(9-11-23)13-15-4-5-16-17(12-15)27-14-26-16/h4-5,12H,6-11,13-14H2,1-3H3,(H,21,25). The van der Waals surface area contributed by atoms with Crippen LogP contribution in [0.15, 0.2) is 18.2 Å². The highest BCUT2D eigenvalue weighted by Crippen LogP contribution is 2.32. The molecule has 8 nitrogen and oxygen atoms in total. The van der Waals surface area contributed by atoms with Crippen molar-refractivity contribution >= 4 is 12.0 Å². The largest absolute Gasteiger partial charge is 0.454 e. The number of rotatable bonds is 5. The summed E-state index contributed by atoms with van der Waals surface area (Å²) in [6.07, 6.45) is -0.213. The average Bonchev–Trinajstić information content (AvgIpc) is 3.08. The molecule has 0 saturated carbocycles. The quantitative estimate of drug-likeness (QED) is 0.827. The monoisotopic (exact) mass is 391 g/mol. The molecule has 0 radical (unpaired) electrons. The number of hydrogen-bond acceptors (Lipinski definition) is 6. The van der Waals surface area contributed by atoms with Gasteiger partial charge < -0.3 is 24.4 Å². The fourth-order valence-corrected chi connectivity index (χ4v) is 3.20. The molecule has 1 aromatic rings. The van der Waals surface area contributed by atoms with E-state index in [0.29, 0.717) is 13.1 Å². The molecule has 8 heteroatoms. The van der Waals surface area contributed by atoms with Gasteiger partial charge in [-0.1, -0.05) is 6.07 Å². The molecule has 2 heterocycles. The van der Waals surface area contributed by atoms with Crippen molar-refractivity contribution < 1.29 is 23.8 Å². The maximum absolute atomic E-state index is 12.3. The Bertz CT molecular complexity index is 708. The first-order valence-electron chi connectivity index (χ1n) is 9.66. The van der Waals surface area contributed by atoms with E-state index in [1.165, 1.54) is 5.56 Å². The summed E-state index contributed by atoms with van der Waals surface area (Å²) in [6, 6.07) is 6.00. The minimum atomic E-state index is -0.539. The molecule has 1 saturated heterocycles. The number of amides is 2. The van der Waals surface area contributed by atoms with E-state index in [1.807, 2.05) is 23.1 Å². The number of benzene rings is 1. The molecule has 2 amide bonds. The Hall–Kier alpha value is -2.48. The van der Waals surface area contributed by atoms with Crippen LogP contribution >= 0.6 is 0 Å². The maximum atomic E-state index is 12.3. The van der Waals surface area contributed by atoms with E-state index in [4.69, 9.17) is 14.2 Å². The van der Waals surface area contributed by atoms with E-state index in [0.717, 1.165) is 31.1 Å². The molecule has 28 heavy (non-hydrogen) atoms. The molecule has 0 unspecified atom stereocenters. The topological polar surface area (TPSA) is 80.3 Å². The highest BCUT2D eigenvalue weighted by molar-refractivity contribution is 5.77. The fourth-order valence-electron chi connectivity index (χ4n) is 3.20. The molecular formula is C20H29N3O5. The summed E-state index contributed by atoms with van der Waals surface area (Å²) >= 11 is 0. The second-order valence-electron chi connectivity index (χ2n) is 8.02. The number of nitrogens with one attached hydrogen (secondary N) is 1. The van der Waals surface area contributed by atoms with Crippen LogP contribution in [-0.4, -0.2) is 66.9 Å². The zero-order chi connectivity index (χ0) is 20.1. The SMILES string of the molecule is CC(C)(C)OC(=O)NCCC(=O)N1CCN(Cc2ccc3c(c2)OCO3)CC1. The van der Waals surface area contributed by atoms with E-state index < -0.39 is 11.7 Å². The van der Waals surface area contributed by atoms with Gasteiger partial charge in [-0.25, -0.2) is 4.79 Å². The highest BCUT2D eigenvalue weighted by Gasteiger charge is 2.22. The first-order chi connectivity index (χ1) is 13.3. The Morgan fingerprint density at radius 1 is 1.11 bits per heavy atom.